The number of hydrogen-bond acceptors (Lipinski definition) is 4. The van der Waals surface area contributed by atoms with E-state index in [2.05, 4.69) is 4.98 Å². The summed E-state index contributed by atoms with van der Waals surface area (Å²) < 4.78 is 10.0. The Kier molecular flexibility index (Phi) is 4.76. The Bertz CT molecular complexity index is 352. The number of rotatable bonds is 5. The number of hydrogen-bond donors (Lipinski definition) is 0. The maximum absolute atomic E-state index is 11.7. The molecule has 0 aliphatic heterocycles. The van der Waals surface area contributed by atoms with Crippen molar-refractivity contribution >= 4 is 5.97 Å². The van der Waals surface area contributed by atoms with Gasteiger partial charge in [0, 0.05) is 12.3 Å². The summed E-state index contributed by atoms with van der Waals surface area (Å²) in [5.41, 5.74) is 0.882. The Morgan fingerprint density at radius 3 is 2.81 bits per heavy atom. The van der Waals surface area contributed by atoms with Crippen LogP contribution in [0.15, 0.2) is 18.3 Å². The summed E-state index contributed by atoms with van der Waals surface area (Å²) in [5.74, 6) is 0.0790. The van der Waals surface area contributed by atoms with Crippen LogP contribution in [0, 0.1) is 0 Å². The molecule has 0 saturated heterocycles. The van der Waals surface area contributed by atoms with Gasteiger partial charge in [-0.25, -0.2) is 4.98 Å². The molecule has 0 aliphatic carbocycles. The van der Waals surface area contributed by atoms with Crippen molar-refractivity contribution in [2.24, 2.45) is 0 Å². The SMILES string of the molecule is CCOC(=O)C(CC)c1ccnc(OC)c1. The Morgan fingerprint density at radius 1 is 1.50 bits per heavy atom. The van der Waals surface area contributed by atoms with Crippen LogP contribution in [0.2, 0.25) is 0 Å². The van der Waals surface area contributed by atoms with Crippen molar-refractivity contribution in [3.63, 3.8) is 0 Å². The van der Waals surface area contributed by atoms with Crippen LogP contribution >= 0.6 is 0 Å². The van der Waals surface area contributed by atoms with Crippen LogP contribution in [0.3, 0.4) is 0 Å². The third kappa shape index (κ3) is 2.95. The van der Waals surface area contributed by atoms with Crippen molar-refractivity contribution in [2.75, 3.05) is 13.7 Å². The largest absolute Gasteiger partial charge is 0.481 e. The third-order valence-corrected chi connectivity index (χ3v) is 2.35. The average molecular weight is 223 g/mol. The summed E-state index contributed by atoms with van der Waals surface area (Å²) in [4.78, 5) is 15.7. The minimum atomic E-state index is -0.239. The highest BCUT2D eigenvalue weighted by molar-refractivity contribution is 5.78. The molecule has 1 atom stereocenters. The van der Waals surface area contributed by atoms with Crippen molar-refractivity contribution in [2.45, 2.75) is 26.2 Å². The van der Waals surface area contributed by atoms with Crippen molar-refractivity contribution in [3.8, 4) is 5.88 Å². The Morgan fingerprint density at radius 2 is 2.25 bits per heavy atom. The van der Waals surface area contributed by atoms with E-state index in [1.165, 1.54) is 0 Å². The van der Waals surface area contributed by atoms with E-state index in [0.29, 0.717) is 18.9 Å². The summed E-state index contributed by atoms with van der Waals surface area (Å²) in [7, 11) is 1.55. The number of nitrogens with zero attached hydrogens (tertiary/aromatic N) is 1. The first-order chi connectivity index (χ1) is 7.72. The molecule has 0 bridgehead atoms. The minimum Gasteiger partial charge on any atom is -0.481 e. The molecule has 0 aromatic carbocycles. The van der Waals surface area contributed by atoms with Gasteiger partial charge in [-0.05, 0) is 25.0 Å². The molecule has 1 heterocycles. The van der Waals surface area contributed by atoms with Crippen LogP contribution < -0.4 is 4.74 Å². The number of pyridine rings is 1. The monoisotopic (exact) mass is 223 g/mol. The van der Waals surface area contributed by atoms with Crippen LogP contribution in [-0.4, -0.2) is 24.7 Å². The van der Waals surface area contributed by atoms with E-state index in [1.54, 1.807) is 26.3 Å². The summed E-state index contributed by atoms with van der Waals surface area (Å²) >= 11 is 0. The second-order valence-electron chi connectivity index (χ2n) is 3.34. The molecular weight excluding hydrogens is 206 g/mol. The molecular formula is C12H17NO3. The van der Waals surface area contributed by atoms with E-state index in [4.69, 9.17) is 9.47 Å². The van der Waals surface area contributed by atoms with Crippen LogP contribution in [0.25, 0.3) is 0 Å². The van der Waals surface area contributed by atoms with Gasteiger partial charge in [-0.3, -0.25) is 4.79 Å². The lowest BCUT2D eigenvalue weighted by Gasteiger charge is -2.14. The molecule has 88 valence electrons. The van der Waals surface area contributed by atoms with E-state index in [1.807, 2.05) is 13.0 Å². The molecule has 0 N–H and O–H groups in total. The fourth-order valence-electron chi connectivity index (χ4n) is 1.53. The van der Waals surface area contributed by atoms with Gasteiger partial charge >= 0.3 is 5.97 Å². The van der Waals surface area contributed by atoms with Crippen molar-refractivity contribution < 1.29 is 14.3 Å². The lowest BCUT2D eigenvalue weighted by atomic mass is 9.98. The van der Waals surface area contributed by atoms with Gasteiger partial charge in [0.05, 0.1) is 19.6 Å². The highest BCUT2D eigenvalue weighted by Gasteiger charge is 2.20. The molecule has 1 aromatic heterocycles. The average Bonchev–Trinajstić information content (AvgIpc) is 2.31. The molecule has 0 fully saturated rings. The van der Waals surface area contributed by atoms with Crippen molar-refractivity contribution in [3.05, 3.63) is 23.9 Å². The first-order valence-corrected chi connectivity index (χ1v) is 5.39. The van der Waals surface area contributed by atoms with E-state index >= 15 is 0 Å². The minimum absolute atomic E-state index is 0.196. The molecule has 16 heavy (non-hydrogen) atoms. The molecule has 0 amide bonds. The zero-order valence-electron chi connectivity index (χ0n) is 9.90. The number of methoxy groups -OCH3 is 1. The standard InChI is InChI=1S/C12H17NO3/c1-4-10(12(14)16-5-2)9-6-7-13-11(8-9)15-3/h6-8,10H,4-5H2,1-3H3. The molecule has 1 unspecified atom stereocenters. The number of carbonyl (C=O) groups is 1. The maximum atomic E-state index is 11.7. The first-order valence-electron chi connectivity index (χ1n) is 5.39. The molecule has 0 saturated carbocycles. The first kappa shape index (κ1) is 12.5. The van der Waals surface area contributed by atoms with Crippen LogP contribution in [0.5, 0.6) is 5.88 Å². The van der Waals surface area contributed by atoms with Gasteiger partial charge in [0.1, 0.15) is 0 Å². The van der Waals surface area contributed by atoms with Crippen molar-refractivity contribution in [1.29, 1.82) is 0 Å². The summed E-state index contributed by atoms with van der Waals surface area (Å²) in [6.45, 7) is 4.16. The topological polar surface area (TPSA) is 48.4 Å². The maximum Gasteiger partial charge on any atom is 0.313 e. The number of carbonyl (C=O) groups excluding carboxylic acids is 1. The summed E-state index contributed by atoms with van der Waals surface area (Å²) in [6, 6.07) is 3.58. The molecule has 4 heteroatoms. The van der Waals surface area contributed by atoms with Gasteiger partial charge in [-0.15, -0.1) is 0 Å². The summed E-state index contributed by atoms with van der Waals surface area (Å²) in [6.07, 6.45) is 2.34. The van der Waals surface area contributed by atoms with Gasteiger partial charge in [-0.2, -0.15) is 0 Å². The van der Waals surface area contributed by atoms with E-state index in [0.717, 1.165) is 5.56 Å². The van der Waals surface area contributed by atoms with E-state index in [9.17, 15) is 4.79 Å². The van der Waals surface area contributed by atoms with E-state index < -0.39 is 0 Å². The van der Waals surface area contributed by atoms with Crippen LogP contribution in [0.1, 0.15) is 31.7 Å². The highest BCUT2D eigenvalue weighted by atomic mass is 16.5. The number of esters is 1. The normalized spacial score (nSPS) is 11.9. The molecule has 4 nitrogen and oxygen atoms in total. The van der Waals surface area contributed by atoms with Gasteiger partial charge in [0.15, 0.2) is 0 Å². The quantitative estimate of drug-likeness (QED) is 0.717. The Labute approximate surface area is 95.6 Å². The highest BCUT2D eigenvalue weighted by Crippen LogP contribution is 2.23. The molecule has 0 aliphatic rings. The Hall–Kier alpha value is -1.58. The van der Waals surface area contributed by atoms with E-state index in [-0.39, 0.29) is 11.9 Å². The smallest absolute Gasteiger partial charge is 0.313 e. The molecule has 0 spiro atoms. The predicted molar refractivity (Wildman–Crippen MR) is 60.5 cm³/mol. The van der Waals surface area contributed by atoms with Gasteiger partial charge in [0.2, 0.25) is 5.88 Å². The Balaban J connectivity index is 2.89. The van der Waals surface area contributed by atoms with Gasteiger partial charge in [-0.1, -0.05) is 6.92 Å². The zero-order valence-corrected chi connectivity index (χ0v) is 9.90. The fourth-order valence-corrected chi connectivity index (χ4v) is 1.53. The zero-order chi connectivity index (χ0) is 12.0. The van der Waals surface area contributed by atoms with Gasteiger partial charge in [0.25, 0.3) is 0 Å². The molecule has 0 radical (unpaired) electrons. The van der Waals surface area contributed by atoms with Crippen LogP contribution in [-0.2, 0) is 9.53 Å². The van der Waals surface area contributed by atoms with Crippen molar-refractivity contribution in [1.82, 2.24) is 4.98 Å². The molecule has 1 aromatic rings. The van der Waals surface area contributed by atoms with Crippen LogP contribution in [0.4, 0.5) is 0 Å². The second-order valence-corrected chi connectivity index (χ2v) is 3.34. The fraction of sp³-hybridized carbons (Fsp3) is 0.500. The molecule has 1 rings (SSSR count). The lowest BCUT2D eigenvalue weighted by molar-refractivity contribution is -0.145. The lowest BCUT2D eigenvalue weighted by Crippen LogP contribution is -2.15. The third-order valence-electron chi connectivity index (χ3n) is 2.35. The number of aromatic nitrogens is 1. The number of ether oxygens (including phenoxy) is 2. The summed E-state index contributed by atoms with van der Waals surface area (Å²) in [5, 5.41) is 0. The predicted octanol–water partition coefficient (Wildman–Crippen LogP) is 2.15. The van der Waals surface area contributed by atoms with Gasteiger partial charge < -0.3 is 9.47 Å². The second kappa shape index (κ2) is 6.10.